The number of aromatic amines is 1. The molecule has 5 rings (SSSR count). The van der Waals surface area contributed by atoms with Crippen molar-refractivity contribution >= 4 is 11.2 Å². The molecule has 0 fully saturated rings. The van der Waals surface area contributed by atoms with Crippen molar-refractivity contribution in [1.82, 2.24) is 29.4 Å². The van der Waals surface area contributed by atoms with E-state index in [1.807, 2.05) is 47.0 Å². The van der Waals surface area contributed by atoms with E-state index in [2.05, 4.69) is 32.1 Å². The first-order valence-electron chi connectivity index (χ1n) is 8.01. The maximum absolute atomic E-state index is 4.79. The Hall–Kier alpha value is -3.09. The smallest absolute Gasteiger partial charge is 0.118 e. The molecule has 1 aliphatic heterocycles. The zero-order valence-electron chi connectivity index (χ0n) is 13.3. The van der Waals surface area contributed by atoms with Crippen molar-refractivity contribution in [3.8, 4) is 0 Å². The molecule has 1 atom stereocenters. The van der Waals surface area contributed by atoms with Gasteiger partial charge in [-0.15, -0.1) is 0 Å². The lowest BCUT2D eigenvalue weighted by Gasteiger charge is -2.34. The molecule has 1 N–H and O–H groups in total. The molecule has 5 heterocycles. The normalized spacial score (nSPS) is 17.4. The van der Waals surface area contributed by atoms with Gasteiger partial charge in [0.05, 0.1) is 35.1 Å². The molecule has 24 heavy (non-hydrogen) atoms. The van der Waals surface area contributed by atoms with Crippen molar-refractivity contribution in [2.45, 2.75) is 12.5 Å². The first-order valence-corrected chi connectivity index (χ1v) is 8.01. The van der Waals surface area contributed by atoms with Crippen molar-refractivity contribution in [2.75, 3.05) is 11.4 Å². The Morgan fingerprint density at radius 3 is 3.08 bits per heavy atom. The Labute approximate surface area is 138 Å². The average molecular weight is 319 g/mol. The summed E-state index contributed by atoms with van der Waals surface area (Å²) in [6.45, 7) is 0.902. The number of anilines is 1. The van der Waals surface area contributed by atoms with Crippen LogP contribution in [0.25, 0.3) is 5.52 Å². The number of fused-ring (bicyclic) bond motifs is 2. The van der Waals surface area contributed by atoms with Crippen LogP contribution in [-0.4, -0.2) is 35.9 Å². The molecule has 0 saturated carbocycles. The third-order valence-electron chi connectivity index (χ3n) is 4.62. The Bertz CT molecular complexity index is 976. The summed E-state index contributed by atoms with van der Waals surface area (Å²) in [6, 6.07) is 8.21. The maximum Gasteiger partial charge on any atom is 0.118 e. The second kappa shape index (κ2) is 4.95. The van der Waals surface area contributed by atoms with Crippen LogP contribution in [0.4, 0.5) is 5.69 Å². The zero-order chi connectivity index (χ0) is 16.1. The van der Waals surface area contributed by atoms with E-state index in [-0.39, 0.29) is 6.04 Å². The maximum atomic E-state index is 4.79. The van der Waals surface area contributed by atoms with Crippen molar-refractivity contribution in [2.24, 2.45) is 7.05 Å². The summed E-state index contributed by atoms with van der Waals surface area (Å²) >= 11 is 0. The number of imidazole rings is 1. The third-order valence-corrected chi connectivity index (χ3v) is 4.62. The molecule has 7 heteroatoms. The van der Waals surface area contributed by atoms with Gasteiger partial charge in [0, 0.05) is 38.1 Å². The van der Waals surface area contributed by atoms with Crippen molar-refractivity contribution in [1.29, 1.82) is 0 Å². The lowest BCUT2D eigenvalue weighted by Crippen LogP contribution is -2.36. The van der Waals surface area contributed by atoms with E-state index in [0.717, 1.165) is 35.6 Å². The van der Waals surface area contributed by atoms with E-state index in [9.17, 15) is 0 Å². The van der Waals surface area contributed by atoms with E-state index in [4.69, 9.17) is 5.10 Å². The molecule has 0 aliphatic carbocycles. The fourth-order valence-electron chi connectivity index (χ4n) is 3.50. The van der Waals surface area contributed by atoms with Gasteiger partial charge in [-0.25, -0.2) is 9.50 Å². The number of nitrogens with zero attached hydrogens (tertiary/aromatic N) is 6. The van der Waals surface area contributed by atoms with E-state index in [1.165, 1.54) is 5.69 Å². The number of pyridine rings is 1. The predicted octanol–water partition coefficient (Wildman–Crippen LogP) is 1.94. The summed E-state index contributed by atoms with van der Waals surface area (Å²) in [7, 11) is 1.94. The second-order valence-electron chi connectivity index (χ2n) is 6.12. The van der Waals surface area contributed by atoms with Crippen LogP contribution in [0, 0.1) is 0 Å². The number of nitrogens with one attached hydrogen (secondary N) is 1. The fourth-order valence-corrected chi connectivity index (χ4v) is 3.50. The van der Waals surface area contributed by atoms with Gasteiger partial charge in [-0.05, 0) is 18.2 Å². The molecule has 0 amide bonds. The van der Waals surface area contributed by atoms with Crippen LogP contribution in [0.2, 0.25) is 0 Å². The Kier molecular flexibility index (Phi) is 2.76. The lowest BCUT2D eigenvalue weighted by atomic mass is 9.99. The molecule has 0 spiro atoms. The molecular formula is C17H17N7. The van der Waals surface area contributed by atoms with Crippen molar-refractivity contribution in [3.63, 3.8) is 0 Å². The van der Waals surface area contributed by atoms with Gasteiger partial charge in [0.1, 0.15) is 6.04 Å². The first kappa shape index (κ1) is 13.4. The summed E-state index contributed by atoms with van der Waals surface area (Å²) in [5.74, 6) is 0. The lowest BCUT2D eigenvalue weighted by molar-refractivity contribution is 0.617. The first-order chi connectivity index (χ1) is 11.8. The van der Waals surface area contributed by atoms with Gasteiger partial charge in [0.2, 0.25) is 0 Å². The predicted molar refractivity (Wildman–Crippen MR) is 89.9 cm³/mol. The topological polar surface area (TPSA) is 67.0 Å². The van der Waals surface area contributed by atoms with E-state index >= 15 is 0 Å². The molecule has 120 valence electrons. The van der Waals surface area contributed by atoms with Gasteiger partial charge >= 0.3 is 0 Å². The van der Waals surface area contributed by atoms with Gasteiger partial charge in [-0.2, -0.15) is 10.2 Å². The molecule has 0 bridgehead atoms. The second-order valence-corrected chi connectivity index (χ2v) is 6.12. The summed E-state index contributed by atoms with van der Waals surface area (Å²) in [5.41, 5.74) is 5.42. The molecule has 0 saturated heterocycles. The van der Waals surface area contributed by atoms with Gasteiger partial charge in [-0.1, -0.05) is 6.07 Å². The monoisotopic (exact) mass is 319 g/mol. The van der Waals surface area contributed by atoms with E-state index in [0.29, 0.717) is 0 Å². The SMILES string of the molecule is Cn1cc(N2CCc3[nH]cnc3C2c2cc3ccccn3n2)cn1. The number of aryl methyl sites for hydroxylation is 1. The highest BCUT2D eigenvalue weighted by atomic mass is 15.3. The summed E-state index contributed by atoms with van der Waals surface area (Å²) < 4.78 is 3.74. The molecule has 0 radical (unpaired) electrons. The van der Waals surface area contributed by atoms with Crippen molar-refractivity contribution < 1.29 is 0 Å². The summed E-state index contributed by atoms with van der Waals surface area (Å²) in [5, 5.41) is 9.12. The van der Waals surface area contributed by atoms with Crippen LogP contribution in [-0.2, 0) is 13.5 Å². The highest BCUT2D eigenvalue weighted by molar-refractivity contribution is 5.54. The molecule has 4 aromatic heterocycles. The summed E-state index contributed by atoms with van der Waals surface area (Å²) in [6.07, 6.45) is 8.64. The number of hydrogen-bond donors (Lipinski definition) is 1. The average Bonchev–Trinajstić information content (AvgIpc) is 3.32. The van der Waals surface area contributed by atoms with Crippen LogP contribution >= 0.6 is 0 Å². The largest absolute Gasteiger partial charge is 0.354 e. The number of hydrogen-bond acceptors (Lipinski definition) is 4. The van der Waals surface area contributed by atoms with Crippen LogP contribution in [0.3, 0.4) is 0 Å². The van der Waals surface area contributed by atoms with Crippen LogP contribution < -0.4 is 4.90 Å². The minimum absolute atomic E-state index is 0.0101. The van der Waals surface area contributed by atoms with Crippen LogP contribution in [0.5, 0.6) is 0 Å². The van der Waals surface area contributed by atoms with Gasteiger partial charge < -0.3 is 9.88 Å². The summed E-state index contributed by atoms with van der Waals surface area (Å²) in [4.78, 5) is 10.2. The highest BCUT2D eigenvalue weighted by Crippen LogP contribution is 2.36. The Morgan fingerprint density at radius 2 is 2.25 bits per heavy atom. The van der Waals surface area contributed by atoms with E-state index < -0.39 is 0 Å². The number of aromatic nitrogens is 6. The molecular weight excluding hydrogens is 302 g/mol. The van der Waals surface area contributed by atoms with Gasteiger partial charge in [0.15, 0.2) is 0 Å². The van der Waals surface area contributed by atoms with Crippen molar-refractivity contribution in [3.05, 3.63) is 66.3 Å². The molecule has 1 aliphatic rings. The molecule has 4 aromatic rings. The highest BCUT2D eigenvalue weighted by Gasteiger charge is 2.33. The molecule has 1 unspecified atom stereocenters. The Morgan fingerprint density at radius 1 is 1.29 bits per heavy atom. The minimum Gasteiger partial charge on any atom is -0.354 e. The zero-order valence-corrected chi connectivity index (χ0v) is 13.3. The standard InChI is InChI=1S/C17H17N7/c1-22-10-13(9-20-22)23-7-5-14-16(19-11-18-14)17(23)15-8-12-4-2-3-6-24(12)21-15/h2-4,6,8-11,17H,5,7H2,1H3,(H,18,19). The van der Waals surface area contributed by atoms with Crippen LogP contribution in [0.1, 0.15) is 23.1 Å². The Balaban J connectivity index is 1.68. The quantitative estimate of drug-likeness (QED) is 0.613. The van der Waals surface area contributed by atoms with E-state index in [1.54, 1.807) is 6.33 Å². The van der Waals surface area contributed by atoms with Gasteiger partial charge in [-0.3, -0.25) is 4.68 Å². The van der Waals surface area contributed by atoms with Gasteiger partial charge in [0.25, 0.3) is 0 Å². The molecule has 0 aromatic carbocycles. The number of H-pyrrole nitrogens is 1. The third kappa shape index (κ3) is 1.94. The molecule has 7 nitrogen and oxygen atoms in total. The van der Waals surface area contributed by atoms with Crippen LogP contribution in [0.15, 0.2) is 49.2 Å². The fraction of sp³-hybridized carbons (Fsp3) is 0.235. The number of rotatable bonds is 2. The minimum atomic E-state index is -0.0101.